The summed E-state index contributed by atoms with van der Waals surface area (Å²) in [4.78, 5) is 1.27. The maximum absolute atomic E-state index is 13.5. The van der Waals surface area contributed by atoms with Gasteiger partial charge >= 0.3 is 0 Å². The Morgan fingerprint density at radius 2 is 1.81 bits per heavy atom. The van der Waals surface area contributed by atoms with E-state index in [1.165, 1.54) is 23.1 Å². The summed E-state index contributed by atoms with van der Waals surface area (Å²) >= 11 is 0. The summed E-state index contributed by atoms with van der Waals surface area (Å²) in [5.74, 6) is 0.725. The summed E-state index contributed by atoms with van der Waals surface area (Å²) in [5, 5.41) is 13.6. The summed E-state index contributed by atoms with van der Waals surface area (Å²) in [6.45, 7) is 9.50. The van der Waals surface area contributed by atoms with Crippen LogP contribution in [0.25, 0.3) is 16.6 Å². The van der Waals surface area contributed by atoms with Crippen LogP contribution in [0.15, 0.2) is 53.8 Å². The molecule has 0 bridgehead atoms. The van der Waals surface area contributed by atoms with Crippen LogP contribution in [0.5, 0.6) is 0 Å². The Kier molecular flexibility index (Phi) is 6.66. The molecular weight excluding hydrogens is 491 g/mol. The maximum atomic E-state index is 13.5. The number of benzene rings is 2. The second-order valence-electron chi connectivity index (χ2n) is 10.7. The summed E-state index contributed by atoms with van der Waals surface area (Å²) in [6.07, 6.45) is 4.15. The molecule has 1 aliphatic heterocycles. The van der Waals surface area contributed by atoms with Gasteiger partial charge in [-0.15, -0.1) is 5.10 Å². The van der Waals surface area contributed by atoms with Gasteiger partial charge < -0.3 is 0 Å². The lowest BCUT2D eigenvalue weighted by Gasteiger charge is -2.43. The largest absolute Gasteiger partial charge is 0.264 e. The van der Waals surface area contributed by atoms with Crippen LogP contribution in [0.1, 0.15) is 44.2 Å². The molecule has 3 atom stereocenters. The van der Waals surface area contributed by atoms with Crippen molar-refractivity contribution in [3.8, 4) is 5.69 Å². The third-order valence-corrected chi connectivity index (χ3v) is 9.19. The van der Waals surface area contributed by atoms with Gasteiger partial charge in [0.1, 0.15) is 5.82 Å². The first-order valence-electron chi connectivity index (χ1n) is 12.6. The Bertz CT molecular complexity index is 1530. The van der Waals surface area contributed by atoms with Gasteiger partial charge in [-0.3, -0.25) is 0 Å². The highest BCUT2D eigenvalue weighted by atomic mass is 32.2. The van der Waals surface area contributed by atoms with Gasteiger partial charge in [-0.05, 0) is 78.6 Å². The van der Waals surface area contributed by atoms with Crippen molar-refractivity contribution in [3.05, 3.63) is 65.7 Å². The zero-order valence-electron chi connectivity index (χ0n) is 21.8. The molecule has 196 valence electrons. The molecule has 8 nitrogen and oxygen atoms in total. The summed E-state index contributed by atoms with van der Waals surface area (Å²) in [6, 6.07) is 10.5. The zero-order valence-corrected chi connectivity index (χ0v) is 22.7. The fourth-order valence-electron chi connectivity index (χ4n) is 5.71. The number of piperidine rings is 1. The minimum atomic E-state index is -3.77. The molecule has 5 rings (SSSR count). The Morgan fingerprint density at radius 3 is 2.46 bits per heavy atom. The first kappa shape index (κ1) is 25.5. The Labute approximate surface area is 217 Å². The van der Waals surface area contributed by atoms with Gasteiger partial charge in [-0.1, -0.05) is 20.8 Å². The third kappa shape index (κ3) is 4.80. The van der Waals surface area contributed by atoms with Crippen LogP contribution in [0.3, 0.4) is 0 Å². The topological polar surface area (TPSA) is 85.9 Å². The second-order valence-corrected chi connectivity index (χ2v) is 12.6. The molecule has 0 radical (unpaired) electrons. The van der Waals surface area contributed by atoms with Crippen LogP contribution in [0.2, 0.25) is 0 Å². The van der Waals surface area contributed by atoms with Gasteiger partial charge in [-0.2, -0.15) is 19.3 Å². The summed E-state index contributed by atoms with van der Waals surface area (Å²) in [5.41, 5.74) is 3.94. The van der Waals surface area contributed by atoms with Gasteiger partial charge in [-0.25, -0.2) is 17.5 Å². The predicted octanol–water partition coefficient (Wildman–Crippen LogP) is 4.69. The molecule has 0 amide bonds. The monoisotopic (exact) mass is 524 g/mol. The molecule has 37 heavy (non-hydrogen) atoms. The van der Waals surface area contributed by atoms with E-state index >= 15 is 0 Å². The Morgan fingerprint density at radius 1 is 1.08 bits per heavy atom. The van der Waals surface area contributed by atoms with Gasteiger partial charge in [0.25, 0.3) is 10.0 Å². The summed E-state index contributed by atoms with van der Waals surface area (Å²) in [7, 11) is -2.15. The van der Waals surface area contributed by atoms with Crippen LogP contribution in [0.4, 0.5) is 4.39 Å². The average Bonchev–Trinajstić information content (AvgIpc) is 3.46. The number of halogens is 1. The number of fused-ring (bicyclic) bond motifs is 1. The van der Waals surface area contributed by atoms with Gasteiger partial charge in [0.15, 0.2) is 0 Å². The van der Waals surface area contributed by atoms with Crippen molar-refractivity contribution < 1.29 is 12.8 Å². The van der Waals surface area contributed by atoms with E-state index in [2.05, 4.69) is 55.1 Å². The molecule has 0 saturated carbocycles. The summed E-state index contributed by atoms with van der Waals surface area (Å²) < 4.78 is 43.9. The second kappa shape index (κ2) is 9.64. The molecule has 10 heteroatoms. The van der Waals surface area contributed by atoms with Crippen molar-refractivity contribution in [2.45, 2.75) is 45.1 Å². The van der Waals surface area contributed by atoms with Crippen molar-refractivity contribution in [2.24, 2.45) is 24.8 Å². The van der Waals surface area contributed by atoms with E-state index in [9.17, 15) is 12.8 Å². The van der Waals surface area contributed by atoms with E-state index in [1.54, 1.807) is 23.5 Å². The number of sulfonamides is 1. The number of nitrogens with zero attached hydrogens (tertiary/aromatic N) is 6. The molecule has 0 spiro atoms. The quantitative estimate of drug-likeness (QED) is 0.365. The highest BCUT2D eigenvalue weighted by Crippen LogP contribution is 2.43. The SMILES string of the molecule is Cc1cc2c(cnn2-c2ccc(F)cc2)cc1C1CN(S(=O)(=O)c2cnn(C)n2)CC(C)C1CC(C)C. The Hall–Kier alpha value is -3.11. The lowest BCUT2D eigenvalue weighted by Crippen LogP contribution is -2.47. The number of hydrogen-bond donors (Lipinski definition) is 0. The van der Waals surface area contributed by atoms with Gasteiger partial charge in [0.05, 0.1) is 23.6 Å². The van der Waals surface area contributed by atoms with E-state index in [0.717, 1.165) is 34.1 Å². The fourth-order valence-corrected chi connectivity index (χ4v) is 7.16. The van der Waals surface area contributed by atoms with Crippen LogP contribution in [-0.2, 0) is 17.1 Å². The van der Waals surface area contributed by atoms with Crippen LogP contribution in [-0.4, -0.2) is 50.6 Å². The van der Waals surface area contributed by atoms with Crippen molar-refractivity contribution >= 4 is 20.9 Å². The van der Waals surface area contributed by atoms with E-state index in [4.69, 9.17) is 0 Å². The predicted molar refractivity (Wildman–Crippen MR) is 140 cm³/mol. The molecule has 3 unspecified atom stereocenters. The minimum absolute atomic E-state index is 0.0176. The third-order valence-electron chi connectivity index (χ3n) is 7.49. The first-order valence-corrected chi connectivity index (χ1v) is 14.1. The standard InChI is InChI=1S/C27H33FN6O2S/c1-17(2)10-23-19(4)15-33(37(35,36)27-14-29-32(5)31-27)16-25(23)24-12-20-13-30-34(26(20)11-18(24)3)22-8-6-21(28)7-9-22/h6-9,11-14,17,19,23,25H,10,15-16H2,1-5H3. The van der Waals surface area contributed by atoms with Crippen LogP contribution < -0.4 is 0 Å². The molecular formula is C27H33FN6O2S. The van der Waals surface area contributed by atoms with Crippen molar-refractivity contribution in [3.63, 3.8) is 0 Å². The molecule has 2 aromatic heterocycles. The molecule has 0 aliphatic carbocycles. The number of aryl methyl sites for hydroxylation is 2. The van der Waals surface area contributed by atoms with Gasteiger partial charge in [0, 0.05) is 31.4 Å². The lowest BCUT2D eigenvalue weighted by atomic mass is 9.71. The molecule has 4 aromatic rings. The smallest absolute Gasteiger partial charge is 0.233 e. The lowest BCUT2D eigenvalue weighted by molar-refractivity contribution is 0.146. The van der Waals surface area contributed by atoms with Gasteiger partial charge in [0.2, 0.25) is 5.03 Å². The highest BCUT2D eigenvalue weighted by molar-refractivity contribution is 7.89. The zero-order chi connectivity index (χ0) is 26.5. The number of hydrogen-bond acceptors (Lipinski definition) is 5. The normalized spacial score (nSPS) is 21.2. The van der Waals surface area contributed by atoms with Crippen molar-refractivity contribution in [1.29, 1.82) is 0 Å². The fraction of sp³-hybridized carbons (Fsp3) is 0.444. The van der Waals surface area contributed by atoms with E-state index in [0.29, 0.717) is 24.9 Å². The van der Waals surface area contributed by atoms with E-state index in [1.807, 2.05) is 10.9 Å². The van der Waals surface area contributed by atoms with Crippen LogP contribution in [0, 0.1) is 30.5 Å². The Balaban J connectivity index is 1.56. The molecule has 1 aliphatic rings. The van der Waals surface area contributed by atoms with Crippen LogP contribution >= 0.6 is 0 Å². The minimum Gasteiger partial charge on any atom is -0.233 e. The maximum Gasteiger partial charge on any atom is 0.264 e. The molecule has 1 fully saturated rings. The highest BCUT2D eigenvalue weighted by Gasteiger charge is 2.41. The molecule has 1 saturated heterocycles. The first-order chi connectivity index (χ1) is 17.5. The molecule has 0 N–H and O–H groups in total. The number of rotatable bonds is 6. The van der Waals surface area contributed by atoms with E-state index in [-0.39, 0.29) is 22.7 Å². The molecule has 3 heterocycles. The molecule has 2 aromatic carbocycles. The van der Waals surface area contributed by atoms with Crippen molar-refractivity contribution in [1.82, 2.24) is 29.1 Å². The van der Waals surface area contributed by atoms with Crippen molar-refractivity contribution in [2.75, 3.05) is 13.1 Å². The van der Waals surface area contributed by atoms with E-state index < -0.39 is 10.0 Å². The average molecular weight is 525 g/mol. The number of aromatic nitrogens is 5.